The molecule has 0 saturated heterocycles. The molecule has 0 fully saturated rings. The summed E-state index contributed by atoms with van der Waals surface area (Å²) < 4.78 is 16.8. The highest BCUT2D eigenvalue weighted by molar-refractivity contribution is 5.71. The van der Waals surface area contributed by atoms with Crippen LogP contribution in [0.25, 0.3) is 0 Å². The minimum atomic E-state index is -0.781. The second-order valence-corrected chi connectivity index (χ2v) is 20.2. The maximum Gasteiger partial charge on any atom is 0.306 e. The predicted octanol–water partition coefficient (Wildman–Crippen LogP) is 20.7. The molecule has 0 aromatic carbocycles. The highest BCUT2D eigenvalue weighted by Crippen LogP contribution is 2.16. The van der Waals surface area contributed by atoms with E-state index in [-0.39, 0.29) is 31.1 Å². The normalized spacial score (nSPS) is 12.7. The fourth-order valence-corrected chi connectivity index (χ4v) is 8.56. The molecule has 6 heteroatoms. The molecule has 414 valence electrons. The molecular weight excluding hydrogens is 889 g/mol. The average Bonchev–Trinajstić information content (AvgIpc) is 3.38. The Bertz CT molecular complexity index is 1380. The number of carbonyl (C=O) groups is 3. The van der Waals surface area contributed by atoms with Crippen LogP contribution < -0.4 is 0 Å². The fourth-order valence-electron chi connectivity index (χ4n) is 8.56. The summed E-state index contributed by atoms with van der Waals surface area (Å²) >= 11 is 0. The van der Waals surface area contributed by atoms with Crippen molar-refractivity contribution in [3.8, 4) is 0 Å². The van der Waals surface area contributed by atoms with Gasteiger partial charge in [-0.1, -0.05) is 266 Å². The van der Waals surface area contributed by atoms with Crippen molar-refractivity contribution >= 4 is 17.9 Å². The second kappa shape index (κ2) is 60.1. The van der Waals surface area contributed by atoms with Crippen molar-refractivity contribution in [2.75, 3.05) is 13.2 Å². The molecule has 0 aliphatic carbocycles. The Hall–Kier alpha value is -3.41. The molecule has 0 heterocycles. The van der Waals surface area contributed by atoms with E-state index in [2.05, 4.69) is 106 Å². The smallest absolute Gasteiger partial charge is 0.306 e. The van der Waals surface area contributed by atoms with Crippen molar-refractivity contribution in [3.63, 3.8) is 0 Å². The van der Waals surface area contributed by atoms with Crippen molar-refractivity contribution in [2.45, 2.75) is 303 Å². The fraction of sp³-hybridized carbons (Fsp3) is 0.742. The van der Waals surface area contributed by atoms with E-state index in [0.29, 0.717) is 19.3 Å². The summed E-state index contributed by atoms with van der Waals surface area (Å²) in [4.78, 5) is 38.1. The average molecular weight is 1000 g/mol. The van der Waals surface area contributed by atoms with E-state index in [9.17, 15) is 14.4 Å². The number of unbranched alkanes of at least 4 members (excludes halogenated alkanes) is 30. The van der Waals surface area contributed by atoms with E-state index < -0.39 is 6.10 Å². The molecule has 0 aromatic rings. The SMILES string of the molecule is CC/C=C\C/C=C\C/C=C\C/C=C\C/C=C\CCCCCCCCCC(=O)OCC(COC(=O)CCCCCCCCCC)OC(=O)CCCCCCCCCCCCC/C=C\C/C=C\CCCCCCC. The summed E-state index contributed by atoms with van der Waals surface area (Å²) in [7, 11) is 0. The van der Waals surface area contributed by atoms with Crippen LogP contribution in [-0.4, -0.2) is 37.2 Å². The third-order valence-electron chi connectivity index (χ3n) is 13.1. The molecule has 0 radical (unpaired) electrons. The zero-order valence-electron chi connectivity index (χ0n) is 47.4. The van der Waals surface area contributed by atoms with Gasteiger partial charge < -0.3 is 14.2 Å². The van der Waals surface area contributed by atoms with Crippen LogP contribution in [0.5, 0.6) is 0 Å². The zero-order chi connectivity index (χ0) is 52.2. The minimum Gasteiger partial charge on any atom is -0.462 e. The Morgan fingerprint density at radius 1 is 0.292 bits per heavy atom. The van der Waals surface area contributed by atoms with Crippen molar-refractivity contribution in [2.24, 2.45) is 0 Å². The van der Waals surface area contributed by atoms with Gasteiger partial charge in [-0.15, -0.1) is 0 Å². The van der Waals surface area contributed by atoms with Crippen molar-refractivity contribution < 1.29 is 28.6 Å². The quantitative estimate of drug-likeness (QED) is 0.0261. The van der Waals surface area contributed by atoms with E-state index in [1.807, 2.05) is 0 Å². The molecule has 0 amide bonds. The Kier molecular flexibility index (Phi) is 57.3. The molecule has 0 aromatic heterocycles. The maximum atomic E-state index is 12.9. The molecule has 0 aliphatic rings. The van der Waals surface area contributed by atoms with Gasteiger partial charge in [-0.25, -0.2) is 0 Å². The first-order valence-electron chi connectivity index (χ1n) is 30.6. The lowest BCUT2D eigenvalue weighted by Crippen LogP contribution is -2.30. The van der Waals surface area contributed by atoms with Crippen LogP contribution in [0.4, 0.5) is 0 Å². The molecule has 6 nitrogen and oxygen atoms in total. The lowest BCUT2D eigenvalue weighted by molar-refractivity contribution is -0.167. The summed E-state index contributed by atoms with van der Waals surface area (Å²) in [5, 5.41) is 0. The molecule has 1 atom stereocenters. The predicted molar refractivity (Wildman–Crippen MR) is 311 cm³/mol. The highest BCUT2D eigenvalue weighted by atomic mass is 16.6. The number of rotatable bonds is 55. The van der Waals surface area contributed by atoms with Gasteiger partial charge in [0.2, 0.25) is 0 Å². The number of hydrogen-bond donors (Lipinski definition) is 0. The first-order valence-corrected chi connectivity index (χ1v) is 30.6. The van der Waals surface area contributed by atoms with Crippen molar-refractivity contribution in [3.05, 3.63) is 85.1 Å². The van der Waals surface area contributed by atoms with Gasteiger partial charge in [0.25, 0.3) is 0 Å². The van der Waals surface area contributed by atoms with Crippen LogP contribution in [0.1, 0.15) is 297 Å². The second-order valence-electron chi connectivity index (χ2n) is 20.2. The lowest BCUT2D eigenvalue weighted by Gasteiger charge is -2.18. The van der Waals surface area contributed by atoms with Crippen LogP contribution >= 0.6 is 0 Å². The number of esters is 3. The van der Waals surface area contributed by atoms with E-state index in [1.54, 1.807) is 0 Å². The molecule has 72 heavy (non-hydrogen) atoms. The number of allylic oxidation sites excluding steroid dienone is 14. The van der Waals surface area contributed by atoms with Crippen molar-refractivity contribution in [1.29, 1.82) is 0 Å². The maximum absolute atomic E-state index is 12.9. The Labute approximate surface area is 445 Å². The summed E-state index contributed by atoms with van der Waals surface area (Å²) in [6.07, 6.45) is 78.8. The summed E-state index contributed by atoms with van der Waals surface area (Å²) in [5.74, 6) is -0.889. The first kappa shape index (κ1) is 68.6. The monoisotopic (exact) mass is 1000 g/mol. The summed E-state index contributed by atoms with van der Waals surface area (Å²) in [6.45, 7) is 6.50. The molecular formula is C66H114O6. The lowest BCUT2D eigenvalue weighted by atomic mass is 10.0. The number of ether oxygens (including phenoxy) is 3. The largest absolute Gasteiger partial charge is 0.462 e. The van der Waals surface area contributed by atoms with Gasteiger partial charge in [0, 0.05) is 19.3 Å². The van der Waals surface area contributed by atoms with Gasteiger partial charge in [0.1, 0.15) is 13.2 Å². The van der Waals surface area contributed by atoms with Crippen LogP contribution in [0.3, 0.4) is 0 Å². The van der Waals surface area contributed by atoms with Gasteiger partial charge in [-0.3, -0.25) is 14.4 Å². The molecule has 0 aliphatic heterocycles. The van der Waals surface area contributed by atoms with Gasteiger partial charge >= 0.3 is 17.9 Å². The molecule has 0 bridgehead atoms. The Morgan fingerprint density at radius 3 is 0.847 bits per heavy atom. The molecule has 1 unspecified atom stereocenters. The Balaban J connectivity index is 4.23. The topological polar surface area (TPSA) is 78.9 Å². The van der Waals surface area contributed by atoms with E-state index in [0.717, 1.165) is 103 Å². The van der Waals surface area contributed by atoms with Crippen LogP contribution in [0, 0.1) is 0 Å². The molecule has 0 N–H and O–H groups in total. The summed E-state index contributed by atoms with van der Waals surface area (Å²) in [6, 6.07) is 0. The van der Waals surface area contributed by atoms with Crippen LogP contribution in [0.15, 0.2) is 85.1 Å². The van der Waals surface area contributed by atoms with E-state index in [4.69, 9.17) is 14.2 Å². The molecule has 0 rings (SSSR count). The van der Waals surface area contributed by atoms with Gasteiger partial charge in [-0.2, -0.15) is 0 Å². The number of carbonyl (C=O) groups excluding carboxylic acids is 3. The van der Waals surface area contributed by atoms with Gasteiger partial charge in [-0.05, 0) is 96.3 Å². The Morgan fingerprint density at radius 2 is 0.542 bits per heavy atom. The third-order valence-corrected chi connectivity index (χ3v) is 13.1. The van der Waals surface area contributed by atoms with E-state index >= 15 is 0 Å². The molecule has 0 saturated carbocycles. The van der Waals surface area contributed by atoms with Crippen LogP contribution in [-0.2, 0) is 28.6 Å². The standard InChI is InChI=1S/C66H114O6/c1-4-7-10-13-16-19-21-23-25-27-29-31-33-35-37-39-41-43-45-47-50-53-56-59-65(68)71-62-63(61-70-64(67)58-55-52-49-18-15-12-9-6-3)72-66(69)60-57-54-51-48-46-44-42-40-38-36-34-32-30-28-26-24-22-20-17-14-11-8-5-2/h7,10,16,19,22-25,28-31,35,37,63H,4-6,8-9,11-15,17-18,20-21,26-27,32-34,36,38-62H2,1-3H3/b10-7-,19-16-,24-22-,25-23-,30-28-,31-29-,37-35-. The van der Waals surface area contributed by atoms with Crippen LogP contribution in [0.2, 0.25) is 0 Å². The van der Waals surface area contributed by atoms with Crippen molar-refractivity contribution in [1.82, 2.24) is 0 Å². The first-order chi connectivity index (χ1) is 35.5. The van der Waals surface area contributed by atoms with Gasteiger partial charge in [0.15, 0.2) is 6.10 Å². The molecule has 0 spiro atoms. The van der Waals surface area contributed by atoms with Gasteiger partial charge in [0.05, 0.1) is 0 Å². The highest BCUT2D eigenvalue weighted by Gasteiger charge is 2.19. The minimum absolute atomic E-state index is 0.0792. The zero-order valence-corrected chi connectivity index (χ0v) is 47.4. The summed E-state index contributed by atoms with van der Waals surface area (Å²) in [5.41, 5.74) is 0. The third kappa shape index (κ3) is 57.5. The van der Waals surface area contributed by atoms with E-state index in [1.165, 1.54) is 154 Å². The number of hydrogen-bond acceptors (Lipinski definition) is 6.